The number of methoxy groups -OCH3 is 5. The van der Waals surface area contributed by atoms with E-state index >= 15 is 0 Å². The summed E-state index contributed by atoms with van der Waals surface area (Å²) < 4.78 is 38.2. The number of nitrogens with zero attached hydrogens (tertiary/aromatic N) is 1. The first-order valence-electron chi connectivity index (χ1n) is 14.0. The summed E-state index contributed by atoms with van der Waals surface area (Å²) in [6.07, 6.45) is 2.02. The normalized spacial score (nSPS) is 11.0. The van der Waals surface area contributed by atoms with E-state index in [4.69, 9.17) is 33.2 Å². The molecule has 0 aliphatic rings. The monoisotopic (exact) mass is 622 g/mol. The number of hydrogen-bond acceptors (Lipinski definition) is 11. The predicted molar refractivity (Wildman–Crippen MR) is 165 cm³/mol. The zero-order valence-electron chi connectivity index (χ0n) is 26.6. The molecule has 0 aliphatic heterocycles. The van der Waals surface area contributed by atoms with Gasteiger partial charge in [-0.05, 0) is 55.7 Å². The fraction of sp³-hybridized carbons (Fsp3) is 0.333. The van der Waals surface area contributed by atoms with E-state index in [9.17, 15) is 14.4 Å². The van der Waals surface area contributed by atoms with Gasteiger partial charge in [0.2, 0.25) is 5.75 Å². The van der Waals surface area contributed by atoms with Gasteiger partial charge in [0.05, 0.1) is 35.5 Å². The van der Waals surface area contributed by atoms with E-state index in [1.165, 1.54) is 54.7 Å². The lowest BCUT2D eigenvalue weighted by molar-refractivity contribution is -0.141. The number of esters is 2. The Balaban J connectivity index is 1.97. The molecule has 1 aromatic heterocycles. The average molecular weight is 623 g/mol. The van der Waals surface area contributed by atoms with Gasteiger partial charge in [0.15, 0.2) is 34.4 Å². The number of allylic oxidation sites excluding steroid dienone is 1. The van der Waals surface area contributed by atoms with Crippen LogP contribution in [0.5, 0.6) is 34.5 Å². The number of rotatable bonds is 14. The summed E-state index contributed by atoms with van der Waals surface area (Å²) in [6.45, 7) is 4.91. The van der Waals surface area contributed by atoms with E-state index in [1.807, 2.05) is 6.92 Å². The number of hydrogen-bond donors (Lipinski definition) is 1. The van der Waals surface area contributed by atoms with Crippen LogP contribution in [0.25, 0.3) is 5.57 Å². The molecule has 45 heavy (non-hydrogen) atoms. The highest BCUT2D eigenvalue weighted by Gasteiger charge is 2.26. The van der Waals surface area contributed by atoms with Gasteiger partial charge < -0.3 is 38.5 Å². The van der Waals surface area contributed by atoms with Crippen LogP contribution >= 0.6 is 0 Å². The topological polar surface area (TPSA) is 141 Å². The summed E-state index contributed by atoms with van der Waals surface area (Å²) in [6, 6.07) is 10.9. The fourth-order valence-corrected chi connectivity index (χ4v) is 4.39. The molecule has 240 valence electrons. The molecular formula is C33H38N2O10. The first-order valence-corrected chi connectivity index (χ1v) is 14.0. The zero-order valence-corrected chi connectivity index (χ0v) is 26.6. The SMILES string of the molecule is CCCC(=O)Oc1c(OC)ccnc1C(=O)N[C@@H](C)C(=O)OC(C)=C(c1ccc(OC)c(OC)c1)c1ccc(OC)c(OC)c1. The van der Waals surface area contributed by atoms with Crippen LogP contribution in [0.3, 0.4) is 0 Å². The minimum Gasteiger partial charge on any atom is -0.493 e. The van der Waals surface area contributed by atoms with Crippen LogP contribution < -0.4 is 33.7 Å². The first kappa shape index (κ1) is 34.2. The van der Waals surface area contributed by atoms with E-state index in [-0.39, 0.29) is 29.4 Å². The first-order chi connectivity index (χ1) is 21.6. The van der Waals surface area contributed by atoms with Gasteiger partial charge >= 0.3 is 11.9 Å². The second kappa shape index (κ2) is 16.0. The zero-order chi connectivity index (χ0) is 33.1. The lowest BCUT2D eigenvalue weighted by Gasteiger charge is -2.19. The lowest BCUT2D eigenvalue weighted by Crippen LogP contribution is -2.40. The van der Waals surface area contributed by atoms with Gasteiger partial charge in [-0.15, -0.1) is 0 Å². The van der Waals surface area contributed by atoms with Gasteiger partial charge in [-0.25, -0.2) is 9.78 Å². The molecule has 12 nitrogen and oxygen atoms in total. The molecule has 1 heterocycles. The van der Waals surface area contributed by atoms with Gasteiger partial charge in [0.25, 0.3) is 5.91 Å². The van der Waals surface area contributed by atoms with Crippen LogP contribution in [0.1, 0.15) is 55.2 Å². The molecule has 0 bridgehead atoms. The van der Waals surface area contributed by atoms with Gasteiger partial charge in [0, 0.05) is 24.3 Å². The molecule has 12 heteroatoms. The molecule has 0 unspecified atom stereocenters. The molecular weight excluding hydrogens is 584 g/mol. The van der Waals surface area contributed by atoms with Gasteiger partial charge in [-0.1, -0.05) is 19.1 Å². The van der Waals surface area contributed by atoms with Crippen LogP contribution in [0.2, 0.25) is 0 Å². The summed E-state index contributed by atoms with van der Waals surface area (Å²) >= 11 is 0. The fourth-order valence-electron chi connectivity index (χ4n) is 4.39. The Labute approximate surface area is 262 Å². The smallest absolute Gasteiger partial charge is 0.333 e. The van der Waals surface area contributed by atoms with Crippen molar-refractivity contribution in [3.63, 3.8) is 0 Å². The van der Waals surface area contributed by atoms with E-state index < -0.39 is 23.9 Å². The third kappa shape index (κ3) is 8.22. The highest BCUT2D eigenvalue weighted by molar-refractivity contribution is 5.99. The maximum Gasteiger partial charge on any atom is 0.333 e. The van der Waals surface area contributed by atoms with Crippen molar-refractivity contribution in [3.05, 3.63) is 71.2 Å². The molecule has 0 saturated heterocycles. The minimum atomic E-state index is -1.13. The van der Waals surface area contributed by atoms with Crippen molar-refractivity contribution >= 4 is 23.4 Å². The Morgan fingerprint density at radius 2 is 1.31 bits per heavy atom. The summed E-state index contributed by atoms with van der Waals surface area (Å²) in [4.78, 5) is 42.8. The third-order valence-corrected chi connectivity index (χ3v) is 6.62. The van der Waals surface area contributed by atoms with E-state index in [0.717, 1.165) is 0 Å². The Bertz CT molecular complexity index is 1510. The molecule has 0 fully saturated rings. The van der Waals surface area contributed by atoms with Crippen molar-refractivity contribution in [1.29, 1.82) is 0 Å². The minimum absolute atomic E-state index is 0.135. The molecule has 0 aliphatic carbocycles. The largest absolute Gasteiger partial charge is 0.493 e. The number of amides is 1. The van der Waals surface area contributed by atoms with Gasteiger partial charge in [0.1, 0.15) is 11.8 Å². The molecule has 3 aromatic rings. The molecule has 1 amide bonds. The lowest BCUT2D eigenvalue weighted by atomic mass is 9.96. The maximum atomic E-state index is 13.3. The summed E-state index contributed by atoms with van der Waals surface area (Å²) in [5.74, 6) is 0.126. The number of pyridine rings is 1. The number of carbonyl (C=O) groups excluding carboxylic acids is 3. The number of benzene rings is 2. The Morgan fingerprint density at radius 3 is 1.80 bits per heavy atom. The second-order valence-electron chi connectivity index (χ2n) is 9.60. The quantitative estimate of drug-likeness (QED) is 0.192. The van der Waals surface area contributed by atoms with Crippen LogP contribution in [-0.4, -0.2) is 64.4 Å². The summed E-state index contributed by atoms with van der Waals surface area (Å²) in [5.41, 5.74) is 1.63. The molecule has 2 aromatic carbocycles. The predicted octanol–water partition coefficient (Wildman–Crippen LogP) is 4.97. The van der Waals surface area contributed by atoms with Crippen molar-refractivity contribution in [3.8, 4) is 34.5 Å². The highest BCUT2D eigenvalue weighted by atomic mass is 16.6. The molecule has 1 N–H and O–H groups in total. The van der Waals surface area contributed by atoms with E-state index in [1.54, 1.807) is 43.3 Å². The Morgan fingerprint density at radius 1 is 0.778 bits per heavy atom. The van der Waals surface area contributed by atoms with E-state index in [0.29, 0.717) is 46.1 Å². The van der Waals surface area contributed by atoms with Crippen LogP contribution in [0, 0.1) is 0 Å². The number of ether oxygens (including phenoxy) is 7. The van der Waals surface area contributed by atoms with Crippen molar-refractivity contribution in [1.82, 2.24) is 10.3 Å². The number of carbonyl (C=O) groups is 3. The second-order valence-corrected chi connectivity index (χ2v) is 9.60. The van der Waals surface area contributed by atoms with Crippen molar-refractivity contribution in [2.75, 3.05) is 35.5 Å². The molecule has 0 radical (unpaired) electrons. The van der Waals surface area contributed by atoms with Crippen LogP contribution in [0.4, 0.5) is 0 Å². The standard InChI is InChI=1S/C33H38N2O10/c1-9-10-28(36)45-31-25(41-6)15-16-34-30(31)32(37)35-19(2)33(38)44-20(3)29(21-11-13-23(39-4)26(17-21)42-7)22-12-14-24(40-5)27(18-22)43-8/h11-19H,9-10H2,1-8H3,(H,35,37)/t19-/m0/s1. The maximum absolute atomic E-state index is 13.3. The van der Waals surface area contributed by atoms with Crippen LogP contribution in [0.15, 0.2) is 54.4 Å². The molecule has 1 atom stereocenters. The van der Waals surface area contributed by atoms with Crippen molar-refractivity contribution < 1.29 is 47.5 Å². The van der Waals surface area contributed by atoms with Crippen LogP contribution in [-0.2, 0) is 14.3 Å². The third-order valence-electron chi connectivity index (χ3n) is 6.62. The number of nitrogens with one attached hydrogen (secondary N) is 1. The number of aromatic nitrogens is 1. The Hall–Kier alpha value is -5.26. The average Bonchev–Trinajstić information content (AvgIpc) is 3.04. The van der Waals surface area contributed by atoms with Crippen molar-refractivity contribution in [2.45, 2.75) is 39.7 Å². The van der Waals surface area contributed by atoms with E-state index in [2.05, 4.69) is 10.3 Å². The molecule has 0 saturated carbocycles. The summed E-state index contributed by atoms with van der Waals surface area (Å²) in [7, 11) is 7.48. The highest BCUT2D eigenvalue weighted by Crippen LogP contribution is 2.38. The summed E-state index contributed by atoms with van der Waals surface area (Å²) in [5, 5.41) is 2.56. The van der Waals surface area contributed by atoms with Crippen molar-refractivity contribution in [2.24, 2.45) is 0 Å². The Kier molecular flexibility index (Phi) is 12.2. The molecule has 3 rings (SSSR count). The molecule has 0 spiro atoms. The van der Waals surface area contributed by atoms with Gasteiger partial charge in [-0.3, -0.25) is 9.59 Å². The van der Waals surface area contributed by atoms with Gasteiger partial charge in [-0.2, -0.15) is 0 Å².